The lowest BCUT2D eigenvalue weighted by Gasteiger charge is -2.08. The van der Waals surface area contributed by atoms with E-state index < -0.39 is 6.09 Å². The lowest BCUT2D eigenvalue weighted by molar-refractivity contribution is 0.102. The molecule has 23 heavy (non-hydrogen) atoms. The topological polar surface area (TPSA) is 91.3 Å². The number of pyridine rings is 1. The van der Waals surface area contributed by atoms with Crippen molar-refractivity contribution in [2.45, 2.75) is 0 Å². The first kappa shape index (κ1) is 14.5. The summed E-state index contributed by atoms with van der Waals surface area (Å²) in [5, 5.41) is 15.3. The van der Waals surface area contributed by atoms with E-state index in [1.165, 1.54) is 0 Å². The van der Waals surface area contributed by atoms with Gasteiger partial charge in [0.15, 0.2) is 0 Å². The van der Waals surface area contributed by atoms with Crippen LogP contribution in [0.25, 0.3) is 10.8 Å². The number of hydrogen-bond donors (Lipinski definition) is 3. The zero-order chi connectivity index (χ0) is 16.2. The first-order chi connectivity index (χ1) is 11.1. The van der Waals surface area contributed by atoms with E-state index >= 15 is 0 Å². The lowest BCUT2D eigenvalue weighted by Crippen LogP contribution is -2.14. The Kier molecular flexibility index (Phi) is 3.88. The van der Waals surface area contributed by atoms with Crippen LogP contribution in [0.4, 0.5) is 16.2 Å². The van der Waals surface area contributed by atoms with Crippen LogP contribution >= 0.6 is 0 Å². The SMILES string of the molecule is O=C(O)Nc1ccc(NC(=O)c2nccc3ccccc23)cc1. The van der Waals surface area contributed by atoms with Crippen molar-refractivity contribution in [1.82, 2.24) is 4.98 Å². The number of nitrogens with one attached hydrogen (secondary N) is 2. The third kappa shape index (κ3) is 3.26. The van der Waals surface area contributed by atoms with Crippen LogP contribution in [0.3, 0.4) is 0 Å². The molecule has 3 N–H and O–H groups in total. The maximum absolute atomic E-state index is 12.4. The molecule has 2 amide bonds. The molecule has 0 unspecified atom stereocenters. The average Bonchev–Trinajstić information content (AvgIpc) is 2.55. The Balaban J connectivity index is 1.82. The Hall–Kier alpha value is -3.41. The third-order valence-electron chi connectivity index (χ3n) is 3.28. The number of carbonyl (C=O) groups is 2. The molecular formula is C17H13N3O3. The van der Waals surface area contributed by atoms with E-state index in [1.807, 2.05) is 30.3 Å². The monoisotopic (exact) mass is 307 g/mol. The van der Waals surface area contributed by atoms with Gasteiger partial charge in [-0.1, -0.05) is 24.3 Å². The molecule has 6 nitrogen and oxygen atoms in total. The van der Waals surface area contributed by atoms with Crippen molar-refractivity contribution >= 4 is 34.1 Å². The van der Waals surface area contributed by atoms with Gasteiger partial charge in [-0.05, 0) is 35.7 Å². The lowest BCUT2D eigenvalue weighted by atomic mass is 10.1. The van der Waals surface area contributed by atoms with Gasteiger partial charge >= 0.3 is 6.09 Å². The maximum Gasteiger partial charge on any atom is 0.409 e. The van der Waals surface area contributed by atoms with Gasteiger partial charge in [-0.3, -0.25) is 15.1 Å². The molecule has 1 heterocycles. The number of amides is 2. The van der Waals surface area contributed by atoms with Crippen molar-refractivity contribution in [3.8, 4) is 0 Å². The van der Waals surface area contributed by atoms with E-state index in [0.29, 0.717) is 17.1 Å². The van der Waals surface area contributed by atoms with Gasteiger partial charge in [0, 0.05) is 23.0 Å². The molecule has 0 fully saturated rings. The first-order valence-electron chi connectivity index (χ1n) is 6.88. The first-order valence-corrected chi connectivity index (χ1v) is 6.88. The van der Waals surface area contributed by atoms with Crippen LogP contribution in [-0.2, 0) is 0 Å². The van der Waals surface area contributed by atoms with Crippen LogP contribution in [0.15, 0.2) is 60.8 Å². The minimum absolute atomic E-state index is 0.319. The molecule has 0 aliphatic heterocycles. The Morgan fingerprint density at radius 3 is 2.22 bits per heavy atom. The van der Waals surface area contributed by atoms with Gasteiger partial charge in [0.1, 0.15) is 5.69 Å². The van der Waals surface area contributed by atoms with Gasteiger partial charge in [0.25, 0.3) is 5.91 Å². The van der Waals surface area contributed by atoms with Crippen molar-refractivity contribution < 1.29 is 14.7 Å². The fourth-order valence-corrected chi connectivity index (χ4v) is 2.25. The molecule has 0 saturated heterocycles. The average molecular weight is 307 g/mol. The number of aromatic nitrogens is 1. The highest BCUT2D eigenvalue weighted by Crippen LogP contribution is 2.19. The summed E-state index contributed by atoms with van der Waals surface area (Å²) in [5.74, 6) is -0.319. The summed E-state index contributed by atoms with van der Waals surface area (Å²) in [6, 6.07) is 15.7. The predicted molar refractivity (Wildman–Crippen MR) is 87.8 cm³/mol. The summed E-state index contributed by atoms with van der Waals surface area (Å²) in [6.45, 7) is 0. The van der Waals surface area contributed by atoms with Crippen LogP contribution in [-0.4, -0.2) is 22.1 Å². The van der Waals surface area contributed by atoms with Gasteiger partial charge in [0.2, 0.25) is 0 Å². The Labute approximate surface area is 131 Å². The van der Waals surface area contributed by atoms with Crippen LogP contribution in [0.1, 0.15) is 10.5 Å². The van der Waals surface area contributed by atoms with E-state index in [1.54, 1.807) is 30.5 Å². The smallest absolute Gasteiger partial charge is 0.409 e. The highest BCUT2D eigenvalue weighted by Gasteiger charge is 2.11. The fourth-order valence-electron chi connectivity index (χ4n) is 2.25. The van der Waals surface area contributed by atoms with Gasteiger partial charge in [0.05, 0.1) is 0 Å². The summed E-state index contributed by atoms with van der Waals surface area (Å²) >= 11 is 0. The minimum Gasteiger partial charge on any atom is -0.465 e. The number of anilines is 2. The number of carbonyl (C=O) groups excluding carboxylic acids is 1. The molecule has 0 spiro atoms. The molecule has 0 aliphatic rings. The molecule has 1 aromatic heterocycles. The Morgan fingerprint density at radius 1 is 0.870 bits per heavy atom. The second-order valence-electron chi connectivity index (χ2n) is 4.84. The zero-order valence-electron chi connectivity index (χ0n) is 12.0. The standard InChI is InChI=1S/C17H13N3O3/c21-16(15-14-4-2-1-3-11(14)9-10-18-15)19-12-5-7-13(8-6-12)20-17(22)23/h1-10,20H,(H,19,21)(H,22,23). The van der Waals surface area contributed by atoms with E-state index in [0.717, 1.165) is 10.8 Å². The number of nitrogens with zero attached hydrogens (tertiary/aromatic N) is 1. The van der Waals surface area contributed by atoms with Gasteiger partial charge in [-0.25, -0.2) is 4.79 Å². The second-order valence-corrected chi connectivity index (χ2v) is 4.84. The van der Waals surface area contributed by atoms with Gasteiger partial charge in [-0.15, -0.1) is 0 Å². The van der Waals surface area contributed by atoms with Crippen LogP contribution in [0, 0.1) is 0 Å². The number of fused-ring (bicyclic) bond motifs is 1. The van der Waals surface area contributed by atoms with Crippen molar-refractivity contribution in [1.29, 1.82) is 0 Å². The molecule has 6 heteroatoms. The molecule has 114 valence electrons. The highest BCUT2D eigenvalue weighted by molar-refractivity contribution is 6.11. The van der Waals surface area contributed by atoms with Crippen LogP contribution in [0.2, 0.25) is 0 Å². The summed E-state index contributed by atoms with van der Waals surface area (Å²) in [5.41, 5.74) is 1.33. The number of hydrogen-bond acceptors (Lipinski definition) is 3. The van der Waals surface area contributed by atoms with E-state index in [-0.39, 0.29) is 5.91 Å². The quantitative estimate of drug-likeness (QED) is 0.689. The van der Waals surface area contributed by atoms with E-state index in [9.17, 15) is 9.59 Å². The maximum atomic E-state index is 12.4. The molecule has 0 atom stereocenters. The minimum atomic E-state index is -1.14. The molecule has 3 rings (SSSR count). The zero-order valence-corrected chi connectivity index (χ0v) is 12.0. The summed E-state index contributed by atoms with van der Waals surface area (Å²) < 4.78 is 0. The molecule has 0 bridgehead atoms. The Morgan fingerprint density at radius 2 is 1.52 bits per heavy atom. The molecule has 0 saturated carbocycles. The number of carboxylic acid groups (broad SMARTS) is 1. The van der Waals surface area contributed by atoms with Crippen molar-refractivity contribution in [2.75, 3.05) is 10.6 Å². The van der Waals surface area contributed by atoms with Crippen molar-refractivity contribution in [3.05, 3.63) is 66.5 Å². The predicted octanol–water partition coefficient (Wildman–Crippen LogP) is 3.58. The number of benzene rings is 2. The largest absolute Gasteiger partial charge is 0.465 e. The van der Waals surface area contributed by atoms with Crippen molar-refractivity contribution in [2.24, 2.45) is 0 Å². The Bertz CT molecular complexity index is 870. The normalized spacial score (nSPS) is 10.3. The molecule has 3 aromatic rings. The van der Waals surface area contributed by atoms with Gasteiger partial charge in [-0.2, -0.15) is 0 Å². The number of rotatable bonds is 3. The molecule has 0 radical (unpaired) electrons. The second kappa shape index (κ2) is 6.15. The van der Waals surface area contributed by atoms with E-state index in [2.05, 4.69) is 15.6 Å². The molecule has 2 aromatic carbocycles. The summed E-state index contributed by atoms with van der Waals surface area (Å²) in [6.07, 6.45) is 0.457. The fraction of sp³-hybridized carbons (Fsp3) is 0. The highest BCUT2D eigenvalue weighted by atomic mass is 16.4. The summed E-state index contributed by atoms with van der Waals surface area (Å²) in [7, 11) is 0. The van der Waals surface area contributed by atoms with E-state index in [4.69, 9.17) is 5.11 Å². The van der Waals surface area contributed by atoms with Gasteiger partial charge < -0.3 is 10.4 Å². The molecular weight excluding hydrogens is 294 g/mol. The third-order valence-corrected chi connectivity index (χ3v) is 3.28. The van der Waals surface area contributed by atoms with Crippen LogP contribution < -0.4 is 10.6 Å². The molecule has 0 aliphatic carbocycles. The van der Waals surface area contributed by atoms with Crippen molar-refractivity contribution in [3.63, 3.8) is 0 Å². The van der Waals surface area contributed by atoms with Crippen LogP contribution in [0.5, 0.6) is 0 Å². The summed E-state index contributed by atoms with van der Waals surface area (Å²) in [4.78, 5) is 27.1.